The van der Waals surface area contributed by atoms with Crippen LogP contribution in [0.2, 0.25) is 0 Å². The maximum Gasteiger partial charge on any atom is 0.273 e. The first kappa shape index (κ1) is 32.6. The van der Waals surface area contributed by atoms with Gasteiger partial charge in [-0.1, -0.05) is 44.2 Å². The van der Waals surface area contributed by atoms with Crippen LogP contribution in [0.1, 0.15) is 60.5 Å². The number of hydrogen-bond acceptors (Lipinski definition) is 9. The van der Waals surface area contributed by atoms with Crippen LogP contribution in [-0.4, -0.2) is 108 Å². The fourth-order valence-corrected chi connectivity index (χ4v) is 5.54. The zero-order valence-corrected chi connectivity index (χ0v) is 25.6. The second-order valence-corrected chi connectivity index (χ2v) is 11.8. The fourth-order valence-electron chi connectivity index (χ4n) is 4.69. The molecular weight excluding hydrogens is 544 g/mol. The predicted octanol–water partition coefficient (Wildman–Crippen LogP) is 1.66. The van der Waals surface area contributed by atoms with Gasteiger partial charge in [-0.05, 0) is 25.5 Å². The number of aliphatic hydroxyl groups is 1. The molecule has 2 heterocycles. The van der Waals surface area contributed by atoms with Crippen LogP contribution < -0.4 is 11.1 Å². The molecule has 226 valence electrons. The maximum atomic E-state index is 13.3. The molecule has 1 aromatic carbocycles. The monoisotopic (exact) mass is 588 g/mol. The Kier molecular flexibility index (Phi) is 11.8. The van der Waals surface area contributed by atoms with E-state index in [1.807, 2.05) is 56.1 Å². The molecule has 1 saturated heterocycles. The summed E-state index contributed by atoms with van der Waals surface area (Å²) in [6.45, 7) is 7.07. The molecule has 0 aliphatic carbocycles. The number of ether oxygens (including phenoxy) is 1. The van der Waals surface area contributed by atoms with Crippen molar-refractivity contribution in [2.45, 2.75) is 57.5 Å². The van der Waals surface area contributed by atoms with Crippen molar-refractivity contribution in [3.05, 3.63) is 52.0 Å². The van der Waals surface area contributed by atoms with Crippen LogP contribution in [0.3, 0.4) is 0 Å². The number of benzene rings is 1. The zero-order valence-electron chi connectivity index (χ0n) is 24.8. The Bertz CT molecular complexity index is 1160. The Morgan fingerprint density at radius 1 is 1.20 bits per heavy atom. The van der Waals surface area contributed by atoms with E-state index in [-0.39, 0.29) is 48.0 Å². The summed E-state index contributed by atoms with van der Waals surface area (Å²) in [6, 6.07) is 8.37. The van der Waals surface area contributed by atoms with Crippen molar-refractivity contribution in [3.8, 4) is 0 Å². The molecule has 4 N–H and O–H groups in total. The number of thiazole rings is 1. The quantitative estimate of drug-likeness (QED) is 0.267. The van der Waals surface area contributed by atoms with Crippen molar-refractivity contribution >= 4 is 29.1 Å². The van der Waals surface area contributed by atoms with Crippen molar-refractivity contribution in [1.29, 1.82) is 0 Å². The minimum absolute atomic E-state index is 0.0769. The van der Waals surface area contributed by atoms with E-state index in [4.69, 9.17) is 10.5 Å². The van der Waals surface area contributed by atoms with Crippen molar-refractivity contribution in [2.24, 2.45) is 11.7 Å². The van der Waals surface area contributed by atoms with Gasteiger partial charge in [0.25, 0.3) is 5.91 Å². The predicted molar refractivity (Wildman–Crippen MR) is 158 cm³/mol. The number of hydrogen-bond donors (Lipinski definition) is 3. The topological polar surface area (TPSA) is 141 Å². The fraction of sp³-hybridized carbons (Fsp3) is 0.586. The van der Waals surface area contributed by atoms with E-state index in [1.54, 1.807) is 31.3 Å². The first-order valence-electron chi connectivity index (χ1n) is 14.0. The summed E-state index contributed by atoms with van der Waals surface area (Å²) in [7, 11) is 5.24. The summed E-state index contributed by atoms with van der Waals surface area (Å²) in [5.41, 5.74) is 6.72. The van der Waals surface area contributed by atoms with Crippen molar-refractivity contribution in [2.75, 3.05) is 47.4 Å². The summed E-state index contributed by atoms with van der Waals surface area (Å²) in [4.78, 5) is 48.1. The highest BCUT2D eigenvalue weighted by atomic mass is 32.1. The molecule has 1 aliphatic rings. The van der Waals surface area contributed by atoms with Crippen LogP contribution >= 0.6 is 11.3 Å². The van der Waals surface area contributed by atoms with E-state index < -0.39 is 18.2 Å². The number of carbonyl (C=O) groups is 3. The summed E-state index contributed by atoms with van der Waals surface area (Å²) in [5, 5.41) is 15.8. The summed E-state index contributed by atoms with van der Waals surface area (Å²) >= 11 is 1.32. The van der Waals surface area contributed by atoms with Crippen LogP contribution in [0.4, 0.5) is 0 Å². The lowest BCUT2D eigenvalue weighted by Crippen LogP contribution is -2.46. The van der Waals surface area contributed by atoms with Crippen LogP contribution in [0.5, 0.6) is 0 Å². The summed E-state index contributed by atoms with van der Waals surface area (Å²) in [6.07, 6.45) is -0.891. The smallest absolute Gasteiger partial charge is 0.273 e. The Hall–Kier alpha value is -2.90. The van der Waals surface area contributed by atoms with E-state index in [1.165, 1.54) is 16.2 Å². The molecule has 3 amide bonds. The highest BCUT2D eigenvalue weighted by Gasteiger charge is 2.37. The number of carbonyl (C=O) groups excluding carboxylic acids is 3. The largest absolute Gasteiger partial charge is 0.386 e. The minimum Gasteiger partial charge on any atom is -0.386 e. The van der Waals surface area contributed by atoms with Gasteiger partial charge in [-0.25, -0.2) is 4.98 Å². The van der Waals surface area contributed by atoms with E-state index in [0.717, 1.165) is 5.56 Å². The molecule has 1 fully saturated rings. The first-order valence-corrected chi connectivity index (χ1v) is 14.8. The van der Waals surface area contributed by atoms with Gasteiger partial charge in [0.05, 0.1) is 25.3 Å². The van der Waals surface area contributed by atoms with Crippen LogP contribution in [0.15, 0.2) is 35.7 Å². The molecule has 6 atom stereocenters. The van der Waals surface area contributed by atoms with E-state index in [2.05, 4.69) is 10.3 Å². The van der Waals surface area contributed by atoms with Crippen LogP contribution in [-0.2, 0) is 14.3 Å². The van der Waals surface area contributed by atoms with Crippen LogP contribution in [0, 0.1) is 5.92 Å². The lowest BCUT2D eigenvalue weighted by atomic mass is 9.96. The van der Waals surface area contributed by atoms with Gasteiger partial charge < -0.3 is 30.7 Å². The average molecular weight is 589 g/mol. The van der Waals surface area contributed by atoms with Gasteiger partial charge in [0.2, 0.25) is 11.8 Å². The third-order valence-corrected chi connectivity index (χ3v) is 8.61. The minimum atomic E-state index is -0.848. The molecular formula is C29H44N6O5S. The van der Waals surface area contributed by atoms with Crippen molar-refractivity contribution in [1.82, 2.24) is 25.0 Å². The molecule has 0 radical (unpaired) electrons. The SMILES string of the molecule is CC(C)[C@@H](C[C@@H](OCCN)c1nc(C(=O)N(C)C(C)C(O)c2ccccc2)cs1)N(C)C(=O)CNC(=O)C1CN1C. The summed E-state index contributed by atoms with van der Waals surface area (Å²) in [5.74, 6) is -0.557. The van der Waals surface area contributed by atoms with Gasteiger partial charge in [0, 0.05) is 45.0 Å². The Labute approximate surface area is 246 Å². The number of nitrogens with one attached hydrogen (secondary N) is 1. The Balaban J connectivity index is 1.69. The molecule has 0 saturated carbocycles. The van der Waals surface area contributed by atoms with Gasteiger partial charge in [-0.15, -0.1) is 11.3 Å². The number of nitrogens with zero attached hydrogens (tertiary/aromatic N) is 4. The molecule has 41 heavy (non-hydrogen) atoms. The summed E-state index contributed by atoms with van der Waals surface area (Å²) < 4.78 is 6.08. The van der Waals surface area contributed by atoms with E-state index in [0.29, 0.717) is 31.1 Å². The standard InChI is InChI=1S/C29H44N6O5S/c1-18(2)22(35(6)25(36)15-31-27(38)23-16-33(23)4)14-24(40-13-12-30)28-32-21(17-41-28)29(39)34(5)19(3)26(37)20-10-8-7-9-11-20/h7-11,17-19,22-24,26,37H,12-16,30H2,1-6H3,(H,31,38)/t19?,22-,23?,24-,26?,33?/m1/s1. The van der Waals surface area contributed by atoms with Crippen LogP contribution in [0.25, 0.3) is 0 Å². The maximum absolute atomic E-state index is 13.3. The molecule has 1 aromatic heterocycles. The normalized spacial score (nSPS) is 19.2. The van der Waals surface area contributed by atoms with Gasteiger partial charge in [-0.2, -0.15) is 0 Å². The zero-order chi connectivity index (χ0) is 30.3. The number of rotatable bonds is 15. The first-order chi connectivity index (χ1) is 19.5. The van der Waals surface area contributed by atoms with Gasteiger partial charge in [0.1, 0.15) is 22.8 Å². The molecule has 0 bridgehead atoms. The molecule has 3 rings (SSSR count). The molecule has 4 unspecified atom stereocenters. The number of likely N-dealkylation sites (N-methyl/N-ethyl adjacent to an activating group) is 3. The number of aromatic nitrogens is 1. The molecule has 2 aromatic rings. The van der Waals surface area contributed by atoms with E-state index >= 15 is 0 Å². The Morgan fingerprint density at radius 3 is 2.44 bits per heavy atom. The number of amides is 3. The van der Waals surface area contributed by atoms with Gasteiger partial charge in [-0.3, -0.25) is 19.3 Å². The number of nitrogens with two attached hydrogens (primary N) is 1. The highest BCUT2D eigenvalue weighted by Crippen LogP contribution is 2.31. The lowest BCUT2D eigenvalue weighted by molar-refractivity contribution is -0.135. The van der Waals surface area contributed by atoms with Crippen molar-refractivity contribution < 1.29 is 24.2 Å². The average Bonchev–Trinajstić information content (AvgIpc) is 3.50. The van der Waals surface area contributed by atoms with Crippen molar-refractivity contribution in [3.63, 3.8) is 0 Å². The second kappa shape index (κ2) is 14.8. The third kappa shape index (κ3) is 8.55. The third-order valence-electron chi connectivity index (χ3n) is 7.67. The molecule has 11 nitrogen and oxygen atoms in total. The van der Waals surface area contributed by atoms with E-state index in [9.17, 15) is 19.5 Å². The highest BCUT2D eigenvalue weighted by molar-refractivity contribution is 7.09. The lowest BCUT2D eigenvalue weighted by Gasteiger charge is -2.33. The Morgan fingerprint density at radius 2 is 1.85 bits per heavy atom. The van der Waals surface area contributed by atoms with Gasteiger partial charge >= 0.3 is 0 Å². The second-order valence-electron chi connectivity index (χ2n) is 11.0. The molecule has 0 spiro atoms. The molecule has 1 aliphatic heterocycles. The van der Waals surface area contributed by atoms with Gasteiger partial charge in [0.15, 0.2) is 0 Å². The molecule has 12 heteroatoms. The number of aliphatic hydroxyl groups excluding tert-OH is 1.